The fraction of sp³-hybridized carbons (Fsp3) is 0.640. The lowest BCUT2D eigenvalue weighted by molar-refractivity contribution is -0.136. The van der Waals surface area contributed by atoms with Gasteiger partial charge in [0.2, 0.25) is 11.8 Å². The molecule has 5 rings (SSSR count). The molecule has 3 heterocycles. The molecule has 3 amide bonds. The van der Waals surface area contributed by atoms with Crippen molar-refractivity contribution in [3.63, 3.8) is 0 Å². The van der Waals surface area contributed by atoms with Crippen molar-refractivity contribution in [2.24, 2.45) is 0 Å². The molecule has 8 nitrogen and oxygen atoms in total. The van der Waals surface area contributed by atoms with Crippen molar-refractivity contribution in [2.45, 2.75) is 82.7 Å². The second kappa shape index (κ2) is 9.43. The number of carbonyl (C=O) groups is 3. The Hall–Kier alpha value is -2.45. The monoisotopic (exact) mass is 455 g/mol. The number of benzene rings is 1. The predicted molar refractivity (Wildman–Crippen MR) is 121 cm³/mol. The molecule has 1 aromatic carbocycles. The molecule has 178 valence electrons. The van der Waals surface area contributed by atoms with Gasteiger partial charge < -0.3 is 14.4 Å². The molecule has 1 saturated carbocycles. The van der Waals surface area contributed by atoms with Crippen molar-refractivity contribution < 1.29 is 23.9 Å². The number of carbonyl (C=O) groups excluding carboxylic acids is 3. The van der Waals surface area contributed by atoms with Gasteiger partial charge in [0.1, 0.15) is 17.9 Å². The number of piperidine rings is 2. The van der Waals surface area contributed by atoms with Crippen LogP contribution >= 0.6 is 0 Å². The van der Waals surface area contributed by atoms with E-state index in [0.717, 1.165) is 63.1 Å². The zero-order valence-electron chi connectivity index (χ0n) is 19.3. The normalized spacial score (nSPS) is 28.8. The molecule has 0 aromatic heterocycles. The fourth-order valence-electron chi connectivity index (χ4n) is 5.87. The van der Waals surface area contributed by atoms with E-state index < -0.39 is 6.04 Å². The molecule has 2 saturated heterocycles. The summed E-state index contributed by atoms with van der Waals surface area (Å²) in [6, 6.07) is 5.47. The van der Waals surface area contributed by atoms with Gasteiger partial charge in [0.05, 0.1) is 6.10 Å². The fourth-order valence-corrected chi connectivity index (χ4v) is 5.87. The van der Waals surface area contributed by atoms with Gasteiger partial charge in [0, 0.05) is 44.3 Å². The van der Waals surface area contributed by atoms with E-state index in [1.165, 1.54) is 0 Å². The lowest BCUT2D eigenvalue weighted by Crippen LogP contribution is -2.52. The Kier molecular flexibility index (Phi) is 6.38. The highest BCUT2D eigenvalue weighted by atomic mass is 16.5. The SMILES string of the molecule is CCOC1CCN(C2CCCC2Oc2ccc3c(c2)CN(C2CCC(=O)NC2=O)C3=O)CC1. The molecule has 4 aliphatic rings. The molecule has 0 radical (unpaired) electrons. The quantitative estimate of drug-likeness (QED) is 0.662. The number of imide groups is 1. The van der Waals surface area contributed by atoms with Crippen LogP contribution in [0.5, 0.6) is 5.75 Å². The smallest absolute Gasteiger partial charge is 0.255 e. The Morgan fingerprint density at radius 3 is 2.64 bits per heavy atom. The highest BCUT2D eigenvalue weighted by Gasteiger charge is 2.40. The number of hydrogen-bond donors (Lipinski definition) is 1. The van der Waals surface area contributed by atoms with Crippen LogP contribution in [0.3, 0.4) is 0 Å². The molecule has 3 unspecified atom stereocenters. The third kappa shape index (κ3) is 4.51. The maximum atomic E-state index is 12.9. The van der Waals surface area contributed by atoms with Crippen LogP contribution in [0.15, 0.2) is 18.2 Å². The summed E-state index contributed by atoms with van der Waals surface area (Å²) >= 11 is 0. The first kappa shape index (κ1) is 22.3. The maximum absolute atomic E-state index is 12.9. The standard InChI is InChI=1S/C25H33N3O5/c1-2-32-17-10-12-27(13-11-17)20-4-3-5-22(20)33-18-6-7-19-16(14-18)15-28(25(19)31)21-8-9-23(29)26-24(21)30/h6-7,14,17,20-22H,2-5,8-13,15H2,1H3,(H,26,29,30). The Morgan fingerprint density at radius 1 is 1.06 bits per heavy atom. The van der Waals surface area contributed by atoms with Gasteiger partial charge in [-0.15, -0.1) is 0 Å². The molecular weight excluding hydrogens is 422 g/mol. The summed E-state index contributed by atoms with van der Waals surface area (Å²) in [6.07, 6.45) is 6.66. The Morgan fingerprint density at radius 2 is 1.88 bits per heavy atom. The van der Waals surface area contributed by atoms with Crippen LogP contribution in [0, 0.1) is 0 Å². The van der Waals surface area contributed by atoms with Gasteiger partial charge in [-0.2, -0.15) is 0 Å². The van der Waals surface area contributed by atoms with Crippen molar-refractivity contribution in [3.05, 3.63) is 29.3 Å². The predicted octanol–water partition coefficient (Wildman–Crippen LogP) is 2.25. The van der Waals surface area contributed by atoms with Gasteiger partial charge in [0.25, 0.3) is 5.91 Å². The van der Waals surface area contributed by atoms with E-state index in [2.05, 4.69) is 17.1 Å². The Labute approximate surface area is 194 Å². The van der Waals surface area contributed by atoms with Crippen molar-refractivity contribution in [1.82, 2.24) is 15.1 Å². The summed E-state index contributed by atoms with van der Waals surface area (Å²) in [5.41, 5.74) is 1.50. The van der Waals surface area contributed by atoms with E-state index in [0.29, 0.717) is 30.7 Å². The third-order valence-corrected chi connectivity index (χ3v) is 7.55. The van der Waals surface area contributed by atoms with Crippen LogP contribution < -0.4 is 10.1 Å². The van der Waals surface area contributed by atoms with E-state index in [4.69, 9.17) is 9.47 Å². The van der Waals surface area contributed by atoms with Gasteiger partial charge in [-0.25, -0.2) is 0 Å². The zero-order chi connectivity index (χ0) is 22.9. The average Bonchev–Trinajstić information content (AvgIpc) is 3.39. The van der Waals surface area contributed by atoms with Gasteiger partial charge in [-0.05, 0) is 69.2 Å². The molecule has 33 heavy (non-hydrogen) atoms. The Balaban J connectivity index is 1.23. The molecule has 1 aliphatic carbocycles. The topological polar surface area (TPSA) is 88.2 Å². The molecular formula is C25H33N3O5. The van der Waals surface area contributed by atoms with Crippen molar-refractivity contribution in [1.29, 1.82) is 0 Å². The van der Waals surface area contributed by atoms with Crippen LogP contribution in [0.4, 0.5) is 0 Å². The maximum Gasteiger partial charge on any atom is 0.255 e. The molecule has 0 spiro atoms. The summed E-state index contributed by atoms with van der Waals surface area (Å²) in [6.45, 7) is 5.31. The number of amides is 3. The highest BCUT2D eigenvalue weighted by molar-refractivity contribution is 6.05. The highest BCUT2D eigenvalue weighted by Crippen LogP contribution is 2.34. The number of nitrogens with zero attached hydrogens (tertiary/aromatic N) is 2. The molecule has 1 aromatic rings. The van der Waals surface area contributed by atoms with Crippen LogP contribution in [0.1, 0.15) is 67.8 Å². The van der Waals surface area contributed by atoms with Crippen LogP contribution in [0.25, 0.3) is 0 Å². The van der Waals surface area contributed by atoms with E-state index in [1.807, 2.05) is 18.2 Å². The molecule has 3 atom stereocenters. The summed E-state index contributed by atoms with van der Waals surface area (Å²) in [5.74, 6) is -0.0233. The van der Waals surface area contributed by atoms with E-state index in [-0.39, 0.29) is 30.2 Å². The minimum absolute atomic E-state index is 0.148. The van der Waals surface area contributed by atoms with Gasteiger partial charge in [-0.1, -0.05) is 0 Å². The first-order valence-corrected chi connectivity index (χ1v) is 12.3. The van der Waals surface area contributed by atoms with Gasteiger partial charge in [0.15, 0.2) is 0 Å². The van der Waals surface area contributed by atoms with E-state index in [9.17, 15) is 14.4 Å². The molecule has 8 heteroatoms. The molecule has 3 aliphatic heterocycles. The largest absolute Gasteiger partial charge is 0.489 e. The lowest BCUT2D eigenvalue weighted by Gasteiger charge is -2.38. The number of nitrogens with one attached hydrogen (secondary N) is 1. The summed E-state index contributed by atoms with van der Waals surface area (Å²) in [5, 5.41) is 2.35. The molecule has 3 fully saturated rings. The van der Waals surface area contributed by atoms with Crippen LogP contribution in [-0.2, 0) is 20.9 Å². The summed E-state index contributed by atoms with van der Waals surface area (Å²) in [4.78, 5) is 40.8. The second-order valence-corrected chi connectivity index (χ2v) is 9.56. The number of rotatable bonds is 6. The summed E-state index contributed by atoms with van der Waals surface area (Å²) in [7, 11) is 0. The van der Waals surface area contributed by atoms with E-state index >= 15 is 0 Å². The number of fused-ring (bicyclic) bond motifs is 1. The minimum atomic E-state index is -0.592. The van der Waals surface area contributed by atoms with Gasteiger partial charge in [-0.3, -0.25) is 24.6 Å². The van der Waals surface area contributed by atoms with E-state index in [1.54, 1.807) is 4.90 Å². The molecule has 0 bridgehead atoms. The van der Waals surface area contributed by atoms with Crippen LogP contribution in [-0.4, -0.2) is 71.5 Å². The molecule has 1 N–H and O–H groups in total. The lowest BCUT2D eigenvalue weighted by atomic mass is 10.0. The van der Waals surface area contributed by atoms with Crippen molar-refractivity contribution in [3.8, 4) is 5.75 Å². The third-order valence-electron chi connectivity index (χ3n) is 7.55. The number of hydrogen-bond acceptors (Lipinski definition) is 6. The first-order chi connectivity index (χ1) is 16.0. The van der Waals surface area contributed by atoms with Crippen molar-refractivity contribution >= 4 is 17.7 Å². The van der Waals surface area contributed by atoms with Crippen LogP contribution in [0.2, 0.25) is 0 Å². The summed E-state index contributed by atoms with van der Waals surface area (Å²) < 4.78 is 12.3. The Bertz CT molecular complexity index is 927. The van der Waals surface area contributed by atoms with Crippen molar-refractivity contribution in [2.75, 3.05) is 19.7 Å². The first-order valence-electron chi connectivity index (χ1n) is 12.3. The second-order valence-electron chi connectivity index (χ2n) is 9.56. The zero-order valence-corrected chi connectivity index (χ0v) is 19.3. The number of ether oxygens (including phenoxy) is 2. The number of likely N-dealkylation sites (tertiary alicyclic amines) is 1. The average molecular weight is 456 g/mol. The van der Waals surface area contributed by atoms with Gasteiger partial charge >= 0.3 is 0 Å². The minimum Gasteiger partial charge on any atom is -0.489 e.